The summed E-state index contributed by atoms with van der Waals surface area (Å²) in [5.41, 5.74) is 3.06. The van der Waals surface area contributed by atoms with E-state index in [4.69, 9.17) is 28.6 Å². The van der Waals surface area contributed by atoms with Crippen LogP contribution in [0.25, 0.3) is 0 Å². The minimum Gasteiger partial charge on any atom is -0.465 e. The Hall–Kier alpha value is -3.75. The second-order valence-electron chi connectivity index (χ2n) is 8.91. The van der Waals surface area contributed by atoms with E-state index in [2.05, 4.69) is 5.32 Å². The van der Waals surface area contributed by atoms with Crippen LogP contribution in [0.3, 0.4) is 0 Å². The summed E-state index contributed by atoms with van der Waals surface area (Å²) in [4.78, 5) is 41.6. The minimum atomic E-state index is -0.708. The molecule has 3 aromatic rings. The lowest BCUT2D eigenvalue weighted by molar-refractivity contribution is -0.130. The monoisotopic (exact) mass is 549 g/mol. The van der Waals surface area contributed by atoms with Gasteiger partial charge >= 0.3 is 5.97 Å². The average Bonchev–Trinajstić information content (AvgIpc) is 3.15. The fourth-order valence-corrected chi connectivity index (χ4v) is 4.86. The Balaban J connectivity index is 1.46. The number of rotatable bonds is 10. The van der Waals surface area contributed by atoms with Crippen molar-refractivity contribution in [1.29, 1.82) is 0 Å². The molecule has 0 aromatic heterocycles. The molecule has 196 valence electrons. The fourth-order valence-electron chi connectivity index (χ4n) is 4.33. The molecule has 0 aliphatic carbocycles. The molecule has 3 aromatic carbocycles. The first-order valence-corrected chi connectivity index (χ1v) is 13.0. The van der Waals surface area contributed by atoms with Gasteiger partial charge in [-0.1, -0.05) is 54.1 Å². The molecular formula is C29H28ClN3O4S. The van der Waals surface area contributed by atoms with Crippen molar-refractivity contribution >= 4 is 52.4 Å². The standard InChI is InChI=1S/C29H28ClN3O4S/c1-37-28(36)22-9-13-24(14-10-22)31-26(34)19-25-27(35)33(18-16-20-5-3-2-4-6-20)29(38)32(25)17-15-21-7-11-23(30)12-8-21/h2-14,25H,15-19H2,1H3,(H,31,34)/t25-/m0/s1. The van der Waals surface area contributed by atoms with Crippen LogP contribution in [0.4, 0.5) is 5.69 Å². The lowest BCUT2D eigenvalue weighted by Crippen LogP contribution is -2.39. The Kier molecular flexibility index (Phi) is 9.10. The van der Waals surface area contributed by atoms with Gasteiger partial charge in [0.1, 0.15) is 6.04 Å². The van der Waals surface area contributed by atoms with E-state index < -0.39 is 12.0 Å². The van der Waals surface area contributed by atoms with Crippen molar-refractivity contribution in [3.8, 4) is 0 Å². The Labute approximate surface area is 232 Å². The molecule has 1 aliphatic heterocycles. The van der Waals surface area contributed by atoms with E-state index in [0.29, 0.717) is 47.3 Å². The van der Waals surface area contributed by atoms with Gasteiger partial charge in [0, 0.05) is 23.8 Å². The van der Waals surface area contributed by atoms with Crippen molar-refractivity contribution in [2.45, 2.75) is 25.3 Å². The lowest BCUT2D eigenvalue weighted by atomic mass is 10.1. The van der Waals surface area contributed by atoms with Gasteiger partial charge < -0.3 is 15.0 Å². The number of hydrogen-bond acceptors (Lipinski definition) is 5. The molecule has 1 N–H and O–H groups in total. The van der Waals surface area contributed by atoms with Crippen LogP contribution in [-0.4, -0.2) is 58.9 Å². The molecule has 7 nitrogen and oxygen atoms in total. The molecule has 9 heteroatoms. The zero-order chi connectivity index (χ0) is 27.1. The molecule has 1 heterocycles. The van der Waals surface area contributed by atoms with Crippen molar-refractivity contribution < 1.29 is 19.1 Å². The molecule has 0 saturated carbocycles. The number of carbonyl (C=O) groups excluding carboxylic acids is 3. The van der Waals surface area contributed by atoms with Gasteiger partial charge in [0.2, 0.25) is 5.91 Å². The van der Waals surface area contributed by atoms with Gasteiger partial charge in [0.15, 0.2) is 5.11 Å². The third-order valence-electron chi connectivity index (χ3n) is 6.39. The summed E-state index contributed by atoms with van der Waals surface area (Å²) in [6.45, 7) is 0.923. The molecule has 1 fully saturated rings. The molecule has 0 radical (unpaired) electrons. The molecule has 2 amide bonds. The average molecular weight is 550 g/mol. The van der Waals surface area contributed by atoms with Gasteiger partial charge in [-0.05, 0) is 72.6 Å². The topological polar surface area (TPSA) is 78.9 Å². The number of esters is 1. The first-order valence-electron chi connectivity index (χ1n) is 12.2. The second-order valence-corrected chi connectivity index (χ2v) is 9.72. The summed E-state index contributed by atoms with van der Waals surface area (Å²) in [6, 6.07) is 23.1. The number of amides is 2. The third-order valence-corrected chi connectivity index (χ3v) is 7.10. The van der Waals surface area contributed by atoms with Crippen LogP contribution in [0.1, 0.15) is 27.9 Å². The number of carbonyl (C=O) groups is 3. The van der Waals surface area contributed by atoms with Gasteiger partial charge in [0.25, 0.3) is 5.91 Å². The first kappa shape index (κ1) is 27.3. The number of nitrogens with one attached hydrogen (secondary N) is 1. The van der Waals surface area contributed by atoms with Crippen molar-refractivity contribution in [2.75, 3.05) is 25.5 Å². The zero-order valence-electron chi connectivity index (χ0n) is 20.9. The maximum absolute atomic E-state index is 13.5. The van der Waals surface area contributed by atoms with E-state index in [1.165, 1.54) is 7.11 Å². The number of ether oxygens (including phenoxy) is 1. The van der Waals surface area contributed by atoms with Gasteiger partial charge in [-0.3, -0.25) is 14.5 Å². The SMILES string of the molecule is COC(=O)c1ccc(NC(=O)C[C@H]2C(=O)N(CCc3ccccc3)C(=S)N2CCc2ccc(Cl)cc2)cc1. The fraction of sp³-hybridized carbons (Fsp3) is 0.241. The number of thiocarbonyl (C=S) groups is 1. The highest BCUT2D eigenvalue weighted by atomic mass is 35.5. The largest absolute Gasteiger partial charge is 0.465 e. The Morgan fingerprint density at radius 2 is 1.55 bits per heavy atom. The number of anilines is 1. The Bertz CT molecular complexity index is 1300. The van der Waals surface area contributed by atoms with E-state index in [1.54, 1.807) is 29.2 Å². The lowest BCUT2D eigenvalue weighted by Gasteiger charge is -2.24. The molecular weight excluding hydrogens is 522 g/mol. The number of nitrogens with zero attached hydrogens (tertiary/aromatic N) is 2. The van der Waals surface area contributed by atoms with Crippen LogP contribution in [0.5, 0.6) is 0 Å². The van der Waals surface area contributed by atoms with Crippen molar-refractivity contribution in [2.24, 2.45) is 0 Å². The van der Waals surface area contributed by atoms with Crippen LogP contribution >= 0.6 is 23.8 Å². The number of methoxy groups -OCH3 is 1. The number of benzene rings is 3. The number of hydrogen-bond donors (Lipinski definition) is 1. The van der Waals surface area contributed by atoms with Crippen LogP contribution in [0.2, 0.25) is 5.02 Å². The van der Waals surface area contributed by atoms with Crippen molar-refractivity contribution in [1.82, 2.24) is 9.80 Å². The Morgan fingerprint density at radius 1 is 0.921 bits per heavy atom. The molecule has 0 unspecified atom stereocenters. The van der Waals surface area contributed by atoms with Gasteiger partial charge in [0.05, 0.1) is 19.1 Å². The first-order chi connectivity index (χ1) is 18.4. The van der Waals surface area contributed by atoms with Crippen LogP contribution in [-0.2, 0) is 27.2 Å². The molecule has 1 atom stereocenters. The molecule has 1 saturated heterocycles. The summed E-state index contributed by atoms with van der Waals surface area (Å²) < 4.78 is 4.71. The Morgan fingerprint density at radius 3 is 2.21 bits per heavy atom. The summed E-state index contributed by atoms with van der Waals surface area (Å²) in [7, 11) is 1.31. The normalized spacial score (nSPS) is 15.1. The second kappa shape index (κ2) is 12.7. The predicted octanol–water partition coefficient (Wildman–Crippen LogP) is 4.74. The highest BCUT2D eigenvalue weighted by Gasteiger charge is 2.42. The maximum Gasteiger partial charge on any atom is 0.337 e. The van der Waals surface area contributed by atoms with Crippen LogP contribution in [0.15, 0.2) is 78.9 Å². The summed E-state index contributed by atoms with van der Waals surface area (Å²) in [5, 5.41) is 3.90. The molecule has 0 bridgehead atoms. The van der Waals surface area contributed by atoms with Crippen LogP contribution in [0, 0.1) is 0 Å². The smallest absolute Gasteiger partial charge is 0.337 e. The van der Waals surface area contributed by atoms with E-state index in [9.17, 15) is 14.4 Å². The van der Waals surface area contributed by atoms with E-state index in [0.717, 1.165) is 11.1 Å². The summed E-state index contributed by atoms with van der Waals surface area (Å²) in [6.07, 6.45) is 1.24. The highest BCUT2D eigenvalue weighted by Crippen LogP contribution is 2.23. The molecule has 1 aliphatic rings. The van der Waals surface area contributed by atoms with Gasteiger partial charge in [-0.15, -0.1) is 0 Å². The van der Waals surface area contributed by atoms with Gasteiger partial charge in [-0.2, -0.15) is 0 Å². The van der Waals surface area contributed by atoms with Crippen molar-refractivity contribution in [3.63, 3.8) is 0 Å². The van der Waals surface area contributed by atoms with Gasteiger partial charge in [-0.25, -0.2) is 4.79 Å². The predicted molar refractivity (Wildman–Crippen MR) is 151 cm³/mol. The minimum absolute atomic E-state index is 0.0554. The summed E-state index contributed by atoms with van der Waals surface area (Å²) in [5.74, 6) is -0.962. The van der Waals surface area contributed by atoms with E-state index in [-0.39, 0.29) is 18.2 Å². The zero-order valence-corrected chi connectivity index (χ0v) is 22.5. The number of halogens is 1. The van der Waals surface area contributed by atoms with Crippen LogP contribution < -0.4 is 5.32 Å². The third kappa shape index (κ3) is 6.76. The van der Waals surface area contributed by atoms with Crippen molar-refractivity contribution in [3.05, 3.63) is 101 Å². The molecule has 0 spiro atoms. The molecule has 38 heavy (non-hydrogen) atoms. The van der Waals surface area contributed by atoms with E-state index >= 15 is 0 Å². The van der Waals surface area contributed by atoms with E-state index in [1.807, 2.05) is 59.5 Å². The molecule has 4 rings (SSSR count). The summed E-state index contributed by atoms with van der Waals surface area (Å²) >= 11 is 11.7. The quantitative estimate of drug-likeness (QED) is 0.291. The highest BCUT2D eigenvalue weighted by molar-refractivity contribution is 7.80. The maximum atomic E-state index is 13.5.